The zero-order chi connectivity index (χ0) is 25.0. The minimum atomic E-state index is -0.0359. The van der Waals surface area contributed by atoms with Crippen LogP contribution in [-0.2, 0) is 17.1 Å². The molecule has 4 rings (SSSR count). The summed E-state index contributed by atoms with van der Waals surface area (Å²) in [4.78, 5) is 31.6. The Morgan fingerprint density at radius 2 is 0.857 bits per heavy atom. The predicted octanol–water partition coefficient (Wildman–Crippen LogP) is 5.94. The van der Waals surface area contributed by atoms with Gasteiger partial charge >= 0.3 is 17.1 Å². The first kappa shape index (κ1) is 31.2. The van der Waals surface area contributed by atoms with Gasteiger partial charge in [-0.25, -0.2) is 0 Å². The second-order valence-electron chi connectivity index (χ2n) is 6.00. The Hall–Kier alpha value is -3.80. The molecule has 2 aromatic carbocycles. The molecular weight excluding hydrogens is 519 g/mol. The fourth-order valence-electron chi connectivity index (χ4n) is 2.47. The molecule has 35 heavy (non-hydrogen) atoms. The normalized spacial score (nSPS) is 8.23. The summed E-state index contributed by atoms with van der Waals surface area (Å²) in [5.74, 6) is -0.0719. The number of benzene rings is 2. The number of thiocarbonyl (C=S) groups is 2. The molecule has 0 bridgehead atoms. The Kier molecular flexibility index (Phi) is 17.5. The number of isothiocyanates is 2. The maximum atomic E-state index is 11.8. The third-order valence-corrected chi connectivity index (χ3v) is 3.87. The quantitative estimate of drug-likeness (QED) is 0.138. The molecule has 4 aromatic rings. The molecule has 0 atom stereocenters. The first-order valence-electron chi connectivity index (χ1n) is 9.63. The van der Waals surface area contributed by atoms with Gasteiger partial charge < -0.3 is 10.8 Å². The second kappa shape index (κ2) is 19.6. The van der Waals surface area contributed by atoms with E-state index >= 15 is 0 Å². The molecule has 0 N–H and O–H groups in total. The summed E-state index contributed by atoms with van der Waals surface area (Å²) in [6.07, 6.45) is 3.24. The van der Waals surface area contributed by atoms with Crippen molar-refractivity contribution in [3.8, 4) is 0 Å². The first-order valence-corrected chi connectivity index (χ1v) is 10.4. The predicted molar refractivity (Wildman–Crippen MR) is 140 cm³/mol. The van der Waals surface area contributed by atoms with Crippen LogP contribution in [0.25, 0.3) is 10.8 Å². The minimum Gasteiger partial charge on any atom is -0.753 e. The summed E-state index contributed by atoms with van der Waals surface area (Å²) in [5.41, 5.74) is 2.31. The van der Waals surface area contributed by atoms with Gasteiger partial charge in [0.1, 0.15) is 11.4 Å². The smallest absolute Gasteiger partial charge is 0.753 e. The maximum Gasteiger partial charge on any atom is 2.00 e. The molecule has 0 aliphatic heterocycles. The zero-order valence-corrected chi connectivity index (χ0v) is 21.0. The van der Waals surface area contributed by atoms with Gasteiger partial charge in [0.15, 0.2) is 0 Å². The SMILES string of the molecule is O=C(c1ccccc1)c1ccccn1.O=C(c1ccccc1)c1ccccn1.[Mn+2].[N-]=C=S.[N-]=C=S. The number of pyridine rings is 2. The number of ketones is 2. The molecule has 9 heteroatoms. The van der Waals surface area contributed by atoms with E-state index in [1.165, 1.54) is 10.3 Å². The van der Waals surface area contributed by atoms with Crippen LogP contribution < -0.4 is 0 Å². The van der Waals surface area contributed by atoms with E-state index in [4.69, 9.17) is 10.8 Å². The fraction of sp³-hybridized carbons (Fsp3) is 0. The topological polar surface area (TPSA) is 105 Å². The monoisotopic (exact) mass is 537 g/mol. The van der Waals surface area contributed by atoms with Crippen molar-refractivity contribution < 1.29 is 26.7 Å². The summed E-state index contributed by atoms with van der Waals surface area (Å²) in [5, 5.41) is 16.9. The molecule has 0 saturated carbocycles. The van der Waals surface area contributed by atoms with Gasteiger partial charge in [-0.15, -0.1) is 0 Å². The van der Waals surface area contributed by atoms with Crippen LogP contribution in [0.5, 0.6) is 0 Å². The van der Waals surface area contributed by atoms with E-state index in [1.807, 2.05) is 48.5 Å². The van der Waals surface area contributed by atoms with Crippen LogP contribution in [0.2, 0.25) is 0 Å². The fourth-order valence-corrected chi connectivity index (χ4v) is 2.47. The van der Waals surface area contributed by atoms with Gasteiger partial charge in [-0.1, -0.05) is 97.2 Å². The van der Waals surface area contributed by atoms with E-state index in [0.29, 0.717) is 22.5 Å². The molecule has 173 valence electrons. The molecule has 0 spiro atoms. The number of hydrogen-bond acceptors (Lipinski definition) is 6. The van der Waals surface area contributed by atoms with Crippen molar-refractivity contribution in [3.05, 3.63) is 143 Å². The van der Waals surface area contributed by atoms with E-state index in [2.05, 4.69) is 34.4 Å². The van der Waals surface area contributed by atoms with Crippen molar-refractivity contribution in [2.24, 2.45) is 0 Å². The van der Waals surface area contributed by atoms with E-state index in [1.54, 1.807) is 60.9 Å². The van der Waals surface area contributed by atoms with E-state index in [-0.39, 0.29) is 28.6 Å². The summed E-state index contributed by atoms with van der Waals surface area (Å²) in [6, 6.07) is 28.9. The molecule has 0 aliphatic carbocycles. The third kappa shape index (κ3) is 12.3. The zero-order valence-electron chi connectivity index (χ0n) is 18.2. The molecule has 2 heterocycles. The van der Waals surface area contributed by atoms with Gasteiger partial charge in [0.25, 0.3) is 0 Å². The number of aromatic nitrogens is 2. The second-order valence-corrected chi connectivity index (χ2v) is 6.37. The Morgan fingerprint density at radius 1 is 0.571 bits per heavy atom. The molecule has 1 radical (unpaired) electrons. The van der Waals surface area contributed by atoms with Crippen LogP contribution >= 0.6 is 24.4 Å². The molecule has 0 fully saturated rings. The van der Waals surface area contributed by atoms with Crippen LogP contribution in [0.3, 0.4) is 0 Å². The van der Waals surface area contributed by atoms with Crippen LogP contribution in [0.4, 0.5) is 0 Å². The van der Waals surface area contributed by atoms with Gasteiger partial charge in [0.2, 0.25) is 11.6 Å². The van der Waals surface area contributed by atoms with Crippen molar-refractivity contribution in [2.45, 2.75) is 0 Å². The standard InChI is InChI=1S/2C12H9NO.2CNS.Mn/c2*14-12(10-6-2-1-3-7-10)11-8-4-5-9-13-11;2*2-1-3;/h2*1-9H;;;/q;;2*-1;+2. The van der Waals surface area contributed by atoms with Gasteiger partial charge in [-0.2, -0.15) is 10.3 Å². The van der Waals surface area contributed by atoms with Crippen LogP contribution in [0.15, 0.2) is 109 Å². The number of carbonyl (C=O) groups excluding carboxylic acids is 2. The average Bonchev–Trinajstić information content (AvgIpc) is 2.91. The van der Waals surface area contributed by atoms with Crippen molar-refractivity contribution in [1.29, 1.82) is 0 Å². The minimum absolute atomic E-state index is 0. The molecule has 2 aromatic heterocycles. The largest absolute Gasteiger partial charge is 2.00 e. The van der Waals surface area contributed by atoms with Gasteiger partial charge in [0, 0.05) is 23.5 Å². The number of nitrogens with zero attached hydrogens (tertiary/aromatic N) is 4. The summed E-state index contributed by atoms with van der Waals surface area (Å²) in [6.45, 7) is 0. The summed E-state index contributed by atoms with van der Waals surface area (Å²) >= 11 is 7.40. The van der Waals surface area contributed by atoms with Crippen LogP contribution in [-0.4, -0.2) is 31.9 Å². The van der Waals surface area contributed by atoms with Crippen molar-refractivity contribution in [2.75, 3.05) is 0 Å². The molecule has 0 aliphatic rings. The number of hydrogen-bond donors (Lipinski definition) is 0. The van der Waals surface area contributed by atoms with E-state index in [9.17, 15) is 9.59 Å². The first-order chi connectivity index (χ1) is 16.6. The van der Waals surface area contributed by atoms with Crippen LogP contribution in [0, 0.1) is 0 Å². The molecule has 0 unspecified atom stereocenters. The van der Waals surface area contributed by atoms with Gasteiger partial charge in [-0.05, 0) is 24.3 Å². The maximum absolute atomic E-state index is 11.8. The van der Waals surface area contributed by atoms with Crippen molar-refractivity contribution in [1.82, 2.24) is 9.97 Å². The van der Waals surface area contributed by atoms with E-state index in [0.717, 1.165) is 0 Å². The summed E-state index contributed by atoms with van der Waals surface area (Å²) < 4.78 is 0. The Bertz CT molecular complexity index is 1030. The number of carbonyl (C=O) groups is 2. The third-order valence-electron chi connectivity index (χ3n) is 3.87. The average molecular weight is 538 g/mol. The molecule has 0 saturated heterocycles. The molecular formula is C26H18MnN4O2S2. The molecule has 0 amide bonds. The van der Waals surface area contributed by atoms with Crippen molar-refractivity contribution in [3.63, 3.8) is 0 Å². The van der Waals surface area contributed by atoms with Gasteiger partial charge in [-0.3, -0.25) is 19.6 Å². The van der Waals surface area contributed by atoms with Crippen LogP contribution in [0.1, 0.15) is 32.1 Å². The Morgan fingerprint density at radius 3 is 1.11 bits per heavy atom. The Balaban J connectivity index is 0.000000528. The Labute approximate surface area is 225 Å². The molecule has 6 nitrogen and oxygen atoms in total. The summed E-state index contributed by atoms with van der Waals surface area (Å²) in [7, 11) is 0. The van der Waals surface area contributed by atoms with Crippen molar-refractivity contribution >= 4 is 46.3 Å². The van der Waals surface area contributed by atoms with Gasteiger partial charge in [0.05, 0.1) is 0 Å². The van der Waals surface area contributed by atoms with E-state index < -0.39 is 0 Å². The number of rotatable bonds is 4.